The lowest BCUT2D eigenvalue weighted by Crippen LogP contribution is -2.28. The van der Waals surface area contributed by atoms with E-state index >= 15 is 0 Å². The Morgan fingerprint density at radius 3 is 2.73 bits per heavy atom. The molecule has 1 heterocycles. The number of aromatic hydroxyl groups is 2. The Hall–Kier alpha value is -0.930. The Bertz CT molecular complexity index is 362. The summed E-state index contributed by atoms with van der Waals surface area (Å²) in [5, 5.41) is 22.7. The van der Waals surface area contributed by atoms with E-state index in [-0.39, 0.29) is 22.4 Å². The van der Waals surface area contributed by atoms with Gasteiger partial charge in [0, 0.05) is 18.0 Å². The van der Waals surface area contributed by atoms with Crippen molar-refractivity contribution in [3.8, 4) is 11.5 Å². The zero-order valence-electron chi connectivity index (χ0n) is 8.33. The second kappa shape index (κ2) is 4.29. The minimum Gasteiger partial charge on any atom is -0.504 e. The molecule has 4 heteroatoms. The van der Waals surface area contributed by atoms with E-state index < -0.39 is 0 Å². The maximum absolute atomic E-state index is 9.77. The van der Waals surface area contributed by atoms with Crippen LogP contribution in [0, 0.1) is 0 Å². The Morgan fingerprint density at radius 2 is 2.07 bits per heavy atom. The molecule has 0 amide bonds. The zero-order chi connectivity index (χ0) is 10.8. The highest BCUT2D eigenvalue weighted by atomic mass is 35.5. The van der Waals surface area contributed by atoms with Crippen LogP contribution in [0.5, 0.6) is 11.5 Å². The second-order valence-electron chi connectivity index (χ2n) is 3.88. The fraction of sp³-hybridized carbons (Fsp3) is 0.455. The standard InChI is InChI=1S/C11H14ClNO2/c12-9-4-3-8(10(14)11(9)15)7-2-1-5-13-6-7/h3-4,7,13-15H,1-2,5-6H2. The van der Waals surface area contributed by atoms with E-state index in [0.717, 1.165) is 31.5 Å². The van der Waals surface area contributed by atoms with Crippen LogP contribution in [0.1, 0.15) is 24.3 Å². The molecule has 3 N–H and O–H groups in total. The quantitative estimate of drug-likeness (QED) is 0.645. The van der Waals surface area contributed by atoms with E-state index in [1.807, 2.05) is 0 Å². The van der Waals surface area contributed by atoms with Crippen LogP contribution in [0.25, 0.3) is 0 Å². The minimum absolute atomic E-state index is 0.0730. The highest BCUT2D eigenvalue weighted by molar-refractivity contribution is 6.32. The first kappa shape index (κ1) is 10.6. The maximum atomic E-state index is 9.77. The van der Waals surface area contributed by atoms with Crippen molar-refractivity contribution in [2.24, 2.45) is 0 Å². The highest BCUT2D eigenvalue weighted by Gasteiger charge is 2.20. The van der Waals surface area contributed by atoms with E-state index in [1.165, 1.54) is 0 Å². The molecular formula is C11H14ClNO2. The van der Waals surface area contributed by atoms with Crippen LogP contribution in [-0.2, 0) is 0 Å². The molecule has 1 aliphatic rings. The first-order chi connectivity index (χ1) is 7.20. The summed E-state index contributed by atoms with van der Waals surface area (Å²) >= 11 is 5.70. The van der Waals surface area contributed by atoms with Gasteiger partial charge in [-0.15, -0.1) is 0 Å². The van der Waals surface area contributed by atoms with Crippen molar-refractivity contribution in [1.82, 2.24) is 5.32 Å². The van der Waals surface area contributed by atoms with Crippen LogP contribution in [0.4, 0.5) is 0 Å². The number of piperidine rings is 1. The molecule has 2 rings (SSSR count). The molecule has 15 heavy (non-hydrogen) atoms. The summed E-state index contributed by atoms with van der Waals surface area (Å²) in [6.07, 6.45) is 2.12. The molecule has 1 unspecified atom stereocenters. The van der Waals surface area contributed by atoms with Gasteiger partial charge in [-0.1, -0.05) is 17.7 Å². The first-order valence-electron chi connectivity index (χ1n) is 5.11. The van der Waals surface area contributed by atoms with Gasteiger partial charge in [-0.05, 0) is 25.5 Å². The molecule has 1 saturated heterocycles. The fourth-order valence-corrected chi connectivity index (χ4v) is 2.17. The average molecular weight is 228 g/mol. The lowest BCUT2D eigenvalue weighted by molar-refractivity contribution is 0.385. The van der Waals surface area contributed by atoms with Crippen molar-refractivity contribution in [2.75, 3.05) is 13.1 Å². The lowest BCUT2D eigenvalue weighted by atomic mass is 9.91. The Kier molecular flexibility index (Phi) is 3.03. The van der Waals surface area contributed by atoms with Crippen molar-refractivity contribution in [1.29, 1.82) is 0 Å². The maximum Gasteiger partial charge on any atom is 0.176 e. The van der Waals surface area contributed by atoms with E-state index in [4.69, 9.17) is 11.6 Å². The molecule has 0 spiro atoms. The first-order valence-corrected chi connectivity index (χ1v) is 5.49. The minimum atomic E-state index is -0.209. The third kappa shape index (κ3) is 2.03. The molecule has 3 nitrogen and oxygen atoms in total. The third-order valence-corrected chi connectivity index (χ3v) is 3.17. The third-order valence-electron chi connectivity index (χ3n) is 2.87. The zero-order valence-corrected chi connectivity index (χ0v) is 9.09. The van der Waals surface area contributed by atoms with E-state index in [1.54, 1.807) is 12.1 Å². The van der Waals surface area contributed by atoms with Gasteiger partial charge in [-0.3, -0.25) is 0 Å². The van der Waals surface area contributed by atoms with Gasteiger partial charge in [-0.25, -0.2) is 0 Å². The van der Waals surface area contributed by atoms with Gasteiger partial charge < -0.3 is 15.5 Å². The van der Waals surface area contributed by atoms with Crippen LogP contribution in [0.3, 0.4) is 0 Å². The number of benzene rings is 1. The predicted molar refractivity (Wildman–Crippen MR) is 59.6 cm³/mol. The van der Waals surface area contributed by atoms with Gasteiger partial charge in [0.05, 0.1) is 5.02 Å². The van der Waals surface area contributed by atoms with E-state index in [2.05, 4.69) is 5.32 Å². The molecule has 82 valence electrons. The molecule has 0 saturated carbocycles. The summed E-state index contributed by atoms with van der Waals surface area (Å²) in [5.41, 5.74) is 0.782. The van der Waals surface area contributed by atoms with Crippen LogP contribution in [-0.4, -0.2) is 23.3 Å². The number of phenols is 2. The van der Waals surface area contributed by atoms with E-state index in [0.29, 0.717) is 0 Å². The number of rotatable bonds is 1. The number of nitrogens with one attached hydrogen (secondary N) is 1. The highest BCUT2D eigenvalue weighted by Crippen LogP contribution is 2.40. The summed E-state index contributed by atoms with van der Waals surface area (Å²) in [6, 6.07) is 3.41. The second-order valence-corrected chi connectivity index (χ2v) is 4.28. The topological polar surface area (TPSA) is 52.5 Å². The number of phenolic OH excluding ortho intramolecular Hbond substituents is 2. The van der Waals surface area contributed by atoms with Crippen molar-refractivity contribution in [3.05, 3.63) is 22.7 Å². The number of hydrogen-bond acceptors (Lipinski definition) is 3. The van der Waals surface area contributed by atoms with Gasteiger partial charge in [0.15, 0.2) is 11.5 Å². The number of hydrogen-bond donors (Lipinski definition) is 3. The van der Waals surface area contributed by atoms with Crippen LogP contribution < -0.4 is 5.32 Å². The lowest BCUT2D eigenvalue weighted by Gasteiger charge is -2.24. The number of halogens is 1. The largest absolute Gasteiger partial charge is 0.504 e. The molecule has 0 radical (unpaired) electrons. The van der Waals surface area contributed by atoms with Crippen molar-refractivity contribution >= 4 is 11.6 Å². The van der Waals surface area contributed by atoms with Gasteiger partial charge in [0.25, 0.3) is 0 Å². The predicted octanol–water partition coefficient (Wildman–Crippen LogP) is 2.22. The van der Waals surface area contributed by atoms with Crippen LogP contribution in [0.15, 0.2) is 12.1 Å². The summed E-state index contributed by atoms with van der Waals surface area (Å²) in [6.45, 7) is 1.87. The van der Waals surface area contributed by atoms with Crippen LogP contribution in [0.2, 0.25) is 5.02 Å². The normalized spacial score (nSPS) is 21.5. The molecular weight excluding hydrogens is 214 g/mol. The Balaban J connectivity index is 2.31. The van der Waals surface area contributed by atoms with Gasteiger partial charge in [0.2, 0.25) is 0 Å². The SMILES string of the molecule is Oc1c(Cl)ccc(C2CCCNC2)c1O. The Labute approximate surface area is 93.7 Å². The summed E-state index contributed by atoms with van der Waals surface area (Å²) < 4.78 is 0. The molecule has 1 aliphatic heterocycles. The van der Waals surface area contributed by atoms with E-state index in [9.17, 15) is 10.2 Å². The molecule has 1 atom stereocenters. The average Bonchev–Trinajstić information content (AvgIpc) is 2.27. The molecule has 0 bridgehead atoms. The smallest absolute Gasteiger partial charge is 0.176 e. The van der Waals surface area contributed by atoms with Crippen molar-refractivity contribution in [3.63, 3.8) is 0 Å². The summed E-state index contributed by atoms with van der Waals surface area (Å²) in [7, 11) is 0. The van der Waals surface area contributed by atoms with Crippen molar-refractivity contribution in [2.45, 2.75) is 18.8 Å². The van der Waals surface area contributed by atoms with Gasteiger partial charge in [-0.2, -0.15) is 0 Å². The molecule has 1 fully saturated rings. The van der Waals surface area contributed by atoms with Crippen molar-refractivity contribution < 1.29 is 10.2 Å². The summed E-state index contributed by atoms with van der Waals surface area (Å²) in [5.74, 6) is -0.0159. The molecule has 1 aromatic carbocycles. The summed E-state index contributed by atoms with van der Waals surface area (Å²) in [4.78, 5) is 0. The van der Waals surface area contributed by atoms with Gasteiger partial charge in [0.1, 0.15) is 0 Å². The Morgan fingerprint density at radius 1 is 1.27 bits per heavy atom. The van der Waals surface area contributed by atoms with Crippen LogP contribution >= 0.6 is 11.6 Å². The molecule has 1 aromatic rings. The molecule has 0 aromatic heterocycles. The monoisotopic (exact) mass is 227 g/mol. The van der Waals surface area contributed by atoms with Gasteiger partial charge >= 0.3 is 0 Å². The molecule has 0 aliphatic carbocycles. The fourth-order valence-electron chi connectivity index (χ4n) is 2.02.